The highest BCUT2D eigenvalue weighted by Gasteiger charge is 2.48. The Labute approximate surface area is 121 Å². The summed E-state index contributed by atoms with van der Waals surface area (Å²) in [5, 5.41) is 20.6. The lowest BCUT2D eigenvalue weighted by Crippen LogP contribution is -2.52. The molecule has 4 atom stereocenters. The van der Waals surface area contributed by atoms with Crippen LogP contribution in [0.3, 0.4) is 0 Å². The van der Waals surface area contributed by atoms with E-state index in [0.717, 1.165) is 10.0 Å². The third-order valence-electron chi connectivity index (χ3n) is 3.60. The van der Waals surface area contributed by atoms with Crippen molar-refractivity contribution in [2.75, 3.05) is 6.61 Å². The van der Waals surface area contributed by atoms with Crippen LogP contribution in [0.1, 0.15) is 32.3 Å². The van der Waals surface area contributed by atoms with Crippen molar-refractivity contribution < 1.29 is 19.7 Å². The Morgan fingerprint density at radius 3 is 2.84 bits per heavy atom. The standard InChI is InChI=1S/C14H19BrO4/c1-4-18-13(16)11-8(2)9-6-5-7-10(15)12(9)19-14(11,3)17/h5-8,11,13,16-17H,4H2,1-3H3. The first-order chi connectivity index (χ1) is 8.88. The minimum Gasteiger partial charge on any atom is -0.461 e. The van der Waals surface area contributed by atoms with Crippen molar-refractivity contribution in [2.45, 2.75) is 38.8 Å². The maximum absolute atomic E-state index is 10.5. The fraction of sp³-hybridized carbons (Fsp3) is 0.571. The average molecular weight is 331 g/mol. The second-order valence-electron chi connectivity index (χ2n) is 4.98. The Balaban J connectivity index is 2.43. The Hall–Kier alpha value is -0.620. The molecule has 0 saturated carbocycles. The number of halogens is 1. The molecule has 4 unspecified atom stereocenters. The molecule has 5 heteroatoms. The van der Waals surface area contributed by atoms with Gasteiger partial charge < -0.3 is 19.7 Å². The third-order valence-corrected chi connectivity index (χ3v) is 4.22. The zero-order valence-electron chi connectivity index (χ0n) is 11.3. The van der Waals surface area contributed by atoms with Gasteiger partial charge in [-0.25, -0.2) is 0 Å². The second-order valence-corrected chi connectivity index (χ2v) is 5.83. The molecule has 1 heterocycles. The number of aliphatic hydroxyl groups is 2. The number of hydrogen-bond acceptors (Lipinski definition) is 4. The van der Waals surface area contributed by atoms with E-state index in [9.17, 15) is 10.2 Å². The van der Waals surface area contributed by atoms with Gasteiger partial charge in [0.05, 0.1) is 10.4 Å². The van der Waals surface area contributed by atoms with Gasteiger partial charge in [0, 0.05) is 13.5 Å². The predicted molar refractivity (Wildman–Crippen MR) is 74.9 cm³/mol. The summed E-state index contributed by atoms with van der Waals surface area (Å²) in [6, 6.07) is 5.71. The van der Waals surface area contributed by atoms with E-state index in [1.807, 2.05) is 25.1 Å². The van der Waals surface area contributed by atoms with Gasteiger partial charge in [-0.1, -0.05) is 19.1 Å². The highest BCUT2D eigenvalue weighted by molar-refractivity contribution is 9.10. The summed E-state index contributed by atoms with van der Waals surface area (Å²) in [5.41, 5.74) is 0.949. The summed E-state index contributed by atoms with van der Waals surface area (Å²) >= 11 is 3.42. The maximum Gasteiger partial charge on any atom is 0.213 e. The van der Waals surface area contributed by atoms with Crippen LogP contribution in [0.4, 0.5) is 0 Å². The quantitative estimate of drug-likeness (QED) is 0.836. The molecule has 4 nitrogen and oxygen atoms in total. The van der Waals surface area contributed by atoms with Crippen LogP contribution < -0.4 is 4.74 Å². The molecule has 2 N–H and O–H groups in total. The number of hydrogen-bond donors (Lipinski definition) is 2. The molecule has 0 fully saturated rings. The number of benzene rings is 1. The van der Waals surface area contributed by atoms with Gasteiger partial charge in [0.15, 0.2) is 6.29 Å². The van der Waals surface area contributed by atoms with Gasteiger partial charge in [-0.15, -0.1) is 0 Å². The third kappa shape index (κ3) is 2.65. The van der Waals surface area contributed by atoms with Crippen molar-refractivity contribution >= 4 is 15.9 Å². The summed E-state index contributed by atoms with van der Waals surface area (Å²) in [4.78, 5) is 0. The summed E-state index contributed by atoms with van der Waals surface area (Å²) in [5.74, 6) is -1.49. The second kappa shape index (κ2) is 5.40. The van der Waals surface area contributed by atoms with Crippen LogP contribution in [-0.2, 0) is 4.74 Å². The zero-order valence-corrected chi connectivity index (χ0v) is 12.8. The monoisotopic (exact) mass is 330 g/mol. The SMILES string of the molecule is CCOC(O)C1C(C)c2cccc(Br)c2OC1(C)O. The van der Waals surface area contributed by atoms with E-state index in [0.29, 0.717) is 12.4 Å². The van der Waals surface area contributed by atoms with Gasteiger partial charge in [-0.2, -0.15) is 0 Å². The number of rotatable bonds is 3. The van der Waals surface area contributed by atoms with Crippen LogP contribution >= 0.6 is 15.9 Å². The molecule has 0 amide bonds. The molecule has 106 valence electrons. The highest BCUT2D eigenvalue weighted by Crippen LogP contribution is 2.48. The topological polar surface area (TPSA) is 58.9 Å². The molecule has 0 radical (unpaired) electrons. The summed E-state index contributed by atoms with van der Waals surface area (Å²) < 4.78 is 11.7. The van der Waals surface area contributed by atoms with Crippen molar-refractivity contribution in [1.82, 2.24) is 0 Å². The van der Waals surface area contributed by atoms with Gasteiger partial charge in [-0.3, -0.25) is 0 Å². The minimum absolute atomic E-state index is 0.0854. The number of aliphatic hydroxyl groups excluding tert-OH is 1. The van der Waals surface area contributed by atoms with E-state index in [1.54, 1.807) is 13.8 Å². The number of fused-ring (bicyclic) bond motifs is 1. The van der Waals surface area contributed by atoms with Crippen LogP contribution in [-0.4, -0.2) is 28.9 Å². The van der Waals surface area contributed by atoms with Crippen LogP contribution in [0.2, 0.25) is 0 Å². The number of ether oxygens (including phenoxy) is 2. The van der Waals surface area contributed by atoms with Crippen molar-refractivity contribution in [2.24, 2.45) is 5.92 Å². The van der Waals surface area contributed by atoms with Crippen molar-refractivity contribution in [1.29, 1.82) is 0 Å². The van der Waals surface area contributed by atoms with Crippen molar-refractivity contribution in [3.8, 4) is 5.75 Å². The Bertz CT molecular complexity index is 461. The van der Waals surface area contributed by atoms with E-state index in [2.05, 4.69) is 15.9 Å². The first-order valence-electron chi connectivity index (χ1n) is 6.38. The average Bonchev–Trinajstić information content (AvgIpc) is 2.30. The number of para-hydroxylation sites is 1. The first kappa shape index (κ1) is 14.8. The predicted octanol–water partition coefficient (Wildman–Crippen LogP) is 2.62. The highest BCUT2D eigenvalue weighted by atomic mass is 79.9. The molecule has 0 aliphatic carbocycles. The lowest BCUT2D eigenvalue weighted by Gasteiger charge is -2.44. The lowest BCUT2D eigenvalue weighted by atomic mass is 9.79. The van der Waals surface area contributed by atoms with Crippen molar-refractivity contribution in [3.63, 3.8) is 0 Å². The molecule has 0 spiro atoms. The van der Waals surface area contributed by atoms with Gasteiger partial charge in [-0.05, 0) is 40.4 Å². The van der Waals surface area contributed by atoms with Gasteiger partial charge >= 0.3 is 0 Å². The minimum atomic E-state index is -1.48. The molecule has 2 rings (SSSR count). The smallest absolute Gasteiger partial charge is 0.213 e. The lowest BCUT2D eigenvalue weighted by molar-refractivity contribution is -0.253. The normalized spacial score (nSPS) is 31.5. The summed E-state index contributed by atoms with van der Waals surface area (Å²) in [7, 11) is 0. The Kier molecular flexibility index (Phi) is 4.20. The Morgan fingerprint density at radius 2 is 2.21 bits per heavy atom. The molecular weight excluding hydrogens is 312 g/mol. The van der Waals surface area contributed by atoms with E-state index < -0.39 is 18.0 Å². The van der Waals surface area contributed by atoms with Gasteiger partial charge in [0.1, 0.15) is 5.75 Å². The molecular formula is C14H19BrO4. The van der Waals surface area contributed by atoms with Crippen LogP contribution in [0.15, 0.2) is 22.7 Å². The molecule has 1 aromatic rings. The molecule has 1 aliphatic heterocycles. The maximum atomic E-state index is 10.5. The summed E-state index contributed by atoms with van der Waals surface area (Å²) in [6.07, 6.45) is -1.07. The molecule has 0 saturated heterocycles. The van der Waals surface area contributed by atoms with Crippen LogP contribution in [0.25, 0.3) is 0 Å². The fourth-order valence-corrected chi connectivity index (χ4v) is 3.17. The van der Waals surface area contributed by atoms with Gasteiger partial charge in [0.2, 0.25) is 5.79 Å². The molecule has 0 bridgehead atoms. The largest absolute Gasteiger partial charge is 0.461 e. The van der Waals surface area contributed by atoms with Crippen molar-refractivity contribution in [3.05, 3.63) is 28.2 Å². The zero-order chi connectivity index (χ0) is 14.2. The Morgan fingerprint density at radius 1 is 1.53 bits per heavy atom. The van der Waals surface area contributed by atoms with E-state index in [1.165, 1.54) is 0 Å². The van der Waals surface area contributed by atoms with E-state index in [4.69, 9.17) is 9.47 Å². The van der Waals surface area contributed by atoms with E-state index in [-0.39, 0.29) is 5.92 Å². The molecule has 19 heavy (non-hydrogen) atoms. The molecule has 1 aromatic carbocycles. The van der Waals surface area contributed by atoms with E-state index >= 15 is 0 Å². The summed E-state index contributed by atoms with van der Waals surface area (Å²) in [6.45, 7) is 5.69. The van der Waals surface area contributed by atoms with Crippen LogP contribution in [0.5, 0.6) is 5.75 Å². The molecule has 0 aromatic heterocycles. The first-order valence-corrected chi connectivity index (χ1v) is 7.17. The fourth-order valence-electron chi connectivity index (χ4n) is 2.71. The van der Waals surface area contributed by atoms with Gasteiger partial charge in [0.25, 0.3) is 0 Å². The van der Waals surface area contributed by atoms with Crippen LogP contribution in [0, 0.1) is 5.92 Å². The molecule has 1 aliphatic rings.